The average molecular weight is 243 g/mol. The Bertz CT molecular complexity index is 261. The van der Waals surface area contributed by atoms with Gasteiger partial charge in [-0.2, -0.15) is 0 Å². The van der Waals surface area contributed by atoms with Gasteiger partial charge in [-0.25, -0.2) is 0 Å². The molecule has 0 saturated carbocycles. The summed E-state index contributed by atoms with van der Waals surface area (Å²) in [7, 11) is 1.51. The number of hydrogen-bond donors (Lipinski definition) is 2. The van der Waals surface area contributed by atoms with Gasteiger partial charge in [0.15, 0.2) is 0 Å². The maximum absolute atomic E-state index is 11.6. The van der Waals surface area contributed by atoms with Crippen molar-refractivity contribution in [2.45, 2.75) is 25.4 Å². The molecule has 0 bridgehead atoms. The van der Waals surface area contributed by atoms with Crippen LogP contribution in [-0.2, 0) is 14.3 Å². The van der Waals surface area contributed by atoms with Crippen molar-refractivity contribution >= 4 is 11.8 Å². The third-order valence-electron chi connectivity index (χ3n) is 2.90. The van der Waals surface area contributed by atoms with Gasteiger partial charge in [0.2, 0.25) is 11.8 Å². The van der Waals surface area contributed by atoms with E-state index in [1.165, 1.54) is 7.11 Å². The summed E-state index contributed by atoms with van der Waals surface area (Å²) < 4.78 is 5.00. The summed E-state index contributed by atoms with van der Waals surface area (Å²) >= 11 is 0. The highest BCUT2D eigenvalue weighted by atomic mass is 16.5. The molecule has 2 amide bonds. The molecule has 1 rings (SSSR count). The molecule has 3 N–H and O–H groups in total. The van der Waals surface area contributed by atoms with Crippen LogP contribution in [0.25, 0.3) is 0 Å². The number of rotatable bonds is 6. The predicted octanol–water partition coefficient (Wildman–Crippen LogP) is -0.911. The molecular weight excluding hydrogens is 222 g/mol. The van der Waals surface area contributed by atoms with E-state index in [1.807, 2.05) is 0 Å². The third kappa shape index (κ3) is 4.70. The Balaban J connectivity index is 2.20. The van der Waals surface area contributed by atoms with Crippen LogP contribution in [0.4, 0.5) is 0 Å². The highest BCUT2D eigenvalue weighted by molar-refractivity contribution is 5.85. The van der Waals surface area contributed by atoms with Crippen LogP contribution in [0.3, 0.4) is 0 Å². The summed E-state index contributed by atoms with van der Waals surface area (Å²) in [6.07, 6.45) is 2.02. The number of nitrogens with zero attached hydrogens (tertiary/aromatic N) is 1. The van der Waals surface area contributed by atoms with E-state index in [-0.39, 0.29) is 30.9 Å². The van der Waals surface area contributed by atoms with Gasteiger partial charge >= 0.3 is 0 Å². The molecule has 0 aromatic carbocycles. The van der Waals surface area contributed by atoms with Crippen LogP contribution in [0.5, 0.6) is 0 Å². The molecule has 0 spiro atoms. The maximum Gasteiger partial charge on any atom is 0.241 e. The molecule has 0 aromatic heterocycles. The minimum absolute atomic E-state index is 0.0161. The quantitative estimate of drug-likeness (QED) is 0.632. The van der Waals surface area contributed by atoms with Crippen LogP contribution >= 0.6 is 0 Å². The molecule has 98 valence electrons. The second-order valence-corrected chi connectivity index (χ2v) is 4.16. The normalized spacial score (nSPS) is 16.9. The zero-order chi connectivity index (χ0) is 12.7. The average Bonchev–Trinajstić information content (AvgIpc) is 2.86. The van der Waals surface area contributed by atoms with E-state index >= 15 is 0 Å². The molecule has 0 aliphatic carbocycles. The van der Waals surface area contributed by atoms with Crippen molar-refractivity contribution in [1.29, 1.82) is 0 Å². The lowest BCUT2D eigenvalue weighted by Gasteiger charge is -2.16. The van der Waals surface area contributed by atoms with E-state index < -0.39 is 0 Å². The Morgan fingerprint density at radius 2 is 2.06 bits per heavy atom. The number of hydrogen-bond acceptors (Lipinski definition) is 4. The van der Waals surface area contributed by atoms with Crippen molar-refractivity contribution in [1.82, 2.24) is 10.2 Å². The molecular formula is C11H21N3O3. The summed E-state index contributed by atoms with van der Waals surface area (Å²) in [5.74, 6) is -0.215. The number of carbonyl (C=O) groups excluding carboxylic acids is 2. The van der Waals surface area contributed by atoms with Crippen LogP contribution in [-0.4, -0.2) is 56.1 Å². The van der Waals surface area contributed by atoms with Gasteiger partial charge < -0.3 is 20.7 Å². The number of ether oxygens (including phenoxy) is 1. The van der Waals surface area contributed by atoms with E-state index in [4.69, 9.17) is 10.5 Å². The summed E-state index contributed by atoms with van der Waals surface area (Å²) in [6.45, 7) is 1.97. The molecule has 0 aromatic rings. The Kier molecular flexibility index (Phi) is 5.93. The van der Waals surface area contributed by atoms with Crippen molar-refractivity contribution in [3.8, 4) is 0 Å². The molecule has 0 radical (unpaired) electrons. The smallest absolute Gasteiger partial charge is 0.241 e. The zero-order valence-electron chi connectivity index (χ0n) is 10.3. The van der Waals surface area contributed by atoms with Crippen LogP contribution < -0.4 is 11.1 Å². The molecule has 6 heteroatoms. The van der Waals surface area contributed by atoms with Gasteiger partial charge in [-0.1, -0.05) is 0 Å². The fraction of sp³-hybridized carbons (Fsp3) is 0.818. The van der Waals surface area contributed by atoms with E-state index in [2.05, 4.69) is 5.32 Å². The molecule has 6 nitrogen and oxygen atoms in total. The standard InChI is InChI=1S/C11H21N3O3/c1-17-9(7-12)6-10(15)13-8-11(16)14-4-2-3-5-14/h9H,2-8,12H2,1H3,(H,13,15). The predicted molar refractivity (Wildman–Crippen MR) is 63.3 cm³/mol. The molecule has 1 saturated heterocycles. The molecule has 1 atom stereocenters. The van der Waals surface area contributed by atoms with Gasteiger partial charge in [-0.05, 0) is 12.8 Å². The Morgan fingerprint density at radius 1 is 1.41 bits per heavy atom. The monoisotopic (exact) mass is 243 g/mol. The number of nitrogens with two attached hydrogens (primary N) is 1. The molecule has 17 heavy (non-hydrogen) atoms. The van der Waals surface area contributed by atoms with E-state index in [9.17, 15) is 9.59 Å². The van der Waals surface area contributed by atoms with E-state index in [0.29, 0.717) is 6.54 Å². The first-order valence-electron chi connectivity index (χ1n) is 5.94. The lowest BCUT2D eigenvalue weighted by molar-refractivity contribution is -0.132. The molecule has 1 heterocycles. The van der Waals surface area contributed by atoms with Gasteiger partial charge in [0, 0.05) is 26.7 Å². The van der Waals surface area contributed by atoms with Gasteiger partial charge in [-0.3, -0.25) is 9.59 Å². The van der Waals surface area contributed by atoms with Crippen molar-refractivity contribution in [2.24, 2.45) is 5.73 Å². The number of amides is 2. The Hall–Kier alpha value is -1.14. The first kappa shape index (κ1) is 13.9. The largest absolute Gasteiger partial charge is 0.380 e. The van der Waals surface area contributed by atoms with E-state index in [0.717, 1.165) is 25.9 Å². The molecule has 1 aliphatic rings. The SMILES string of the molecule is COC(CN)CC(=O)NCC(=O)N1CCCC1. The van der Waals surface area contributed by atoms with Crippen molar-refractivity contribution in [3.05, 3.63) is 0 Å². The fourth-order valence-corrected chi connectivity index (χ4v) is 1.79. The molecule has 1 fully saturated rings. The summed E-state index contributed by atoms with van der Waals surface area (Å²) in [6, 6.07) is 0. The topological polar surface area (TPSA) is 84.7 Å². The van der Waals surface area contributed by atoms with Gasteiger partial charge in [0.05, 0.1) is 19.1 Å². The second kappa shape index (κ2) is 7.24. The molecule has 1 aliphatic heterocycles. The zero-order valence-corrected chi connectivity index (χ0v) is 10.3. The highest BCUT2D eigenvalue weighted by Gasteiger charge is 2.18. The Morgan fingerprint density at radius 3 is 2.59 bits per heavy atom. The highest BCUT2D eigenvalue weighted by Crippen LogP contribution is 2.06. The van der Waals surface area contributed by atoms with Crippen molar-refractivity contribution < 1.29 is 14.3 Å². The Labute approximate surface area is 101 Å². The van der Waals surface area contributed by atoms with Crippen LogP contribution in [0.2, 0.25) is 0 Å². The maximum atomic E-state index is 11.6. The summed E-state index contributed by atoms with van der Waals surface area (Å²) in [4.78, 5) is 24.9. The van der Waals surface area contributed by atoms with Crippen LogP contribution in [0, 0.1) is 0 Å². The van der Waals surface area contributed by atoms with Gasteiger partial charge in [0.25, 0.3) is 0 Å². The third-order valence-corrected chi connectivity index (χ3v) is 2.90. The fourth-order valence-electron chi connectivity index (χ4n) is 1.79. The number of methoxy groups -OCH3 is 1. The van der Waals surface area contributed by atoms with E-state index in [1.54, 1.807) is 4.90 Å². The summed E-state index contributed by atoms with van der Waals surface area (Å²) in [5, 5.41) is 2.59. The number of nitrogens with one attached hydrogen (secondary N) is 1. The van der Waals surface area contributed by atoms with Crippen molar-refractivity contribution in [2.75, 3.05) is 33.3 Å². The molecule has 1 unspecified atom stereocenters. The summed E-state index contributed by atoms with van der Waals surface area (Å²) in [5.41, 5.74) is 5.41. The number of likely N-dealkylation sites (tertiary alicyclic amines) is 1. The minimum atomic E-state index is -0.281. The van der Waals surface area contributed by atoms with Gasteiger partial charge in [0.1, 0.15) is 0 Å². The minimum Gasteiger partial charge on any atom is -0.380 e. The van der Waals surface area contributed by atoms with Crippen molar-refractivity contribution in [3.63, 3.8) is 0 Å². The first-order chi connectivity index (χ1) is 8.17. The lowest BCUT2D eigenvalue weighted by atomic mass is 10.2. The van der Waals surface area contributed by atoms with Crippen LogP contribution in [0.1, 0.15) is 19.3 Å². The van der Waals surface area contributed by atoms with Gasteiger partial charge in [-0.15, -0.1) is 0 Å². The number of carbonyl (C=O) groups is 2. The first-order valence-corrected chi connectivity index (χ1v) is 5.94. The second-order valence-electron chi connectivity index (χ2n) is 4.16. The van der Waals surface area contributed by atoms with Crippen LogP contribution in [0.15, 0.2) is 0 Å². The lowest BCUT2D eigenvalue weighted by Crippen LogP contribution is -2.40.